The van der Waals surface area contributed by atoms with Gasteiger partial charge in [0.25, 0.3) is 0 Å². The first kappa shape index (κ1) is 26.5. The van der Waals surface area contributed by atoms with Gasteiger partial charge in [0.05, 0.1) is 25.4 Å². The number of rotatable bonds is 7. The Kier molecular flexibility index (Phi) is 11.5. The summed E-state index contributed by atoms with van der Waals surface area (Å²) in [4.78, 5) is 14.4. The van der Waals surface area contributed by atoms with E-state index < -0.39 is 0 Å². The van der Waals surface area contributed by atoms with Crippen LogP contribution in [0.4, 0.5) is 5.82 Å². The fourth-order valence-corrected chi connectivity index (χ4v) is 4.86. The molecule has 3 aliphatic rings. The number of aromatic nitrogens is 1. The van der Waals surface area contributed by atoms with Gasteiger partial charge in [0.15, 0.2) is 5.96 Å². The highest BCUT2D eigenvalue weighted by Gasteiger charge is 2.24. The second kappa shape index (κ2) is 14.3. The number of aliphatic imine (C=N–C) groups is 1. The first-order chi connectivity index (χ1) is 15.8. The van der Waals surface area contributed by atoms with E-state index in [9.17, 15) is 0 Å². The zero-order chi connectivity index (χ0) is 22.0. The van der Waals surface area contributed by atoms with Gasteiger partial charge in [0, 0.05) is 45.5 Å². The first-order valence-corrected chi connectivity index (χ1v) is 12.8. The van der Waals surface area contributed by atoms with Crippen molar-refractivity contribution in [2.45, 2.75) is 77.0 Å². The molecule has 0 spiro atoms. The molecule has 0 radical (unpaired) electrons. The second-order valence-corrected chi connectivity index (χ2v) is 9.25. The Labute approximate surface area is 216 Å². The molecule has 0 amide bonds. The standard InChI is InChI=1S/C25H41N5O2.HI/c1-2-26-25(28-19-21-9-12-27-24(18-21)29-13-5-3-6-14-29)30-15-10-22(11-16-30)32-20-23-8-4-7-17-31-23;/h9,12,18,22-23H,2-8,10-11,13-17,19-20H2,1H3,(H,26,28);1H. The number of hydrogen-bond acceptors (Lipinski definition) is 5. The molecule has 1 atom stereocenters. The molecule has 1 unspecified atom stereocenters. The summed E-state index contributed by atoms with van der Waals surface area (Å²) < 4.78 is 12.0. The Bertz CT molecular complexity index is 715. The van der Waals surface area contributed by atoms with Crippen molar-refractivity contribution in [1.82, 2.24) is 15.2 Å². The summed E-state index contributed by atoms with van der Waals surface area (Å²) in [6.45, 7) is 9.54. The van der Waals surface area contributed by atoms with Crippen LogP contribution < -0.4 is 10.2 Å². The third-order valence-electron chi connectivity index (χ3n) is 6.77. The lowest BCUT2D eigenvalue weighted by Crippen LogP contribution is -2.47. The highest BCUT2D eigenvalue weighted by Crippen LogP contribution is 2.20. The number of nitrogens with one attached hydrogen (secondary N) is 1. The van der Waals surface area contributed by atoms with E-state index in [-0.39, 0.29) is 24.0 Å². The fraction of sp³-hybridized carbons (Fsp3) is 0.760. The number of nitrogens with zero attached hydrogens (tertiary/aromatic N) is 4. The van der Waals surface area contributed by atoms with Crippen molar-refractivity contribution in [3.05, 3.63) is 23.9 Å². The van der Waals surface area contributed by atoms with Crippen LogP contribution in [0.25, 0.3) is 0 Å². The number of likely N-dealkylation sites (tertiary alicyclic amines) is 1. The molecule has 1 aromatic heterocycles. The van der Waals surface area contributed by atoms with E-state index in [1.807, 2.05) is 6.20 Å². The molecule has 8 heteroatoms. The lowest BCUT2D eigenvalue weighted by Gasteiger charge is -2.35. The quantitative estimate of drug-likeness (QED) is 0.301. The van der Waals surface area contributed by atoms with Crippen LogP contribution in [-0.4, -0.2) is 74.0 Å². The predicted octanol–water partition coefficient (Wildman–Crippen LogP) is 4.21. The molecule has 7 nitrogen and oxygen atoms in total. The normalized spacial score (nSPS) is 22.7. The summed E-state index contributed by atoms with van der Waals surface area (Å²) in [5.41, 5.74) is 1.22. The molecule has 0 aromatic carbocycles. The van der Waals surface area contributed by atoms with Gasteiger partial charge in [-0.25, -0.2) is 9.98 Å². The maximum Gasteiger partial charge on any atom is 0.194 e. The molecule has 3 fully saturated rings. The molecule has 1 N–H and O–H groups in total. The third-order valence-corrected chi connectivity index (χ3v) is 6.77. The van der Waals surface area contributed by atoms with Crippen LogP contribution in [-0.2, 0) is 16.0 Å². The van der Waals surface area contributed by atoms with Crippen LogP contribution in [0.5, 0.6) is 0 Å². The molecule has 1 aromatic rings. The molecule has 0 aliphatic carbocycles. The van der Waals surface area contributed by atoms with Crippen molar-refractivity contribution >= 4 is 35.8 Å². The van der Waals surface area contributed by atoms with Gasteiger partial charge in [-0.15, -0.1) is 24.0 Å². The summed E-state index contributed by atoms with van der Waals surface area (Å²) in [6.07, 6.45) is 12.1. The SMILES string of the molecule is CCNC(=NCc1ccnc(N2CCCCC2)c1)N1CCC(OCC2CCCCO2)CC1.I. The number of piperidine rings is 2. The van der Waals surface area contributed by atoms with Crippen molar-refractivity contribution in [1.29, 1.82) is 0 Å². The van der Waals surface area contributed by atoms with Crippen molar-refractivity contribution in [3.8, 4) is 0 Å². The number of hydrogen-bond donors (Lipinski definition) is 1. The maximum atomic E-state index is 6.19. The van der Waals surface area contributed by atoms with Crippen molar-refractivity contribution in [2.24, 2.45) is 4.99 Å². The van der Waals surface area contributed by atoms with Gasteiger partial charge in [-0.05, 0) is 76.0 Å². The maximum absolute atomic E-state index is 6.19. The van der Waals surface area contributed by atoms with Gasteiger partial charge < -0.3 is 24.6 Å². The van der Waals surface area contributed by atoms with Gasteiger partial charge in [-0.2, -0.15) is 0 Å². The van der Waals surface area contributed by atoms with Crippen LogP contribution in [0, 0.1) is 0 Å². The van der Waals surface area contributed by atoms with E-state index in [0.29, 0.717) is 18.8 Å². The zero-order valence-corrected chi connectivity index (χ0v) is 22.5. The summed E-state index contributed by atoms with van der Waals surface area (Å²) >= 11 is 0. The molecule has 33 heavy (non-hydrogen) atoms. The largest absolute Gasteiger partial charge is 0.376 e. The van der Waals surface area contributed by atoms with Crippen LogP contribution in [0.3, 0.4) is 0 Å². The van der Waals surface area contributed by atoms with Crippen LogP contribution in [0.15, 0.2) is 23.3 Å². The minimum atomic E-state index is 0. The molecule has 0 bridgehead atoms. The van der Waals surface area contributed by atoms with Crippen LogP contribution in [0.2, 0.25) is 0 Å². The predicted molar refractivity (Wildman–Crippen MR) is 145 cm³/mol. The fourth-order valence-electron chi connectivity index (χ4n) is 4.86. The lowest BCUT2D eigenvalue weighted by molar-refractivity contribution is -0.0721. The van der Waals surface area contributed by atoms with E-state index in [0.717, 1.165) is 77.0 Å². The van der Waals surface area contributed by atoms with E-state index in [2.05, 4.69) is 39.2 Å². The topological polar surface area (TPSA) is 62.2 Å². The van der Waals surface area contributed by atoms with Gasteiger partial charge in [-0.3, -0.25) is 0 Å². The number of ether oxygens (including phenoxy) is 2. The van der Waals surface area contributed by atoms with Gasteiger partial charge >= 0.3 is 0 Å². The Morgan fingerprint density at radius 1 is 1.12 bits per heavy atom. The van der Waals surface area contributed by atoms with E-state index >= 15 is 0 Å². The molecular formula is C25H42IN5O2. The van der Waals surface area contributed by atoms with Gasteiger partial charge in [0.2, 0.25) is 0 Å². The number of guanidine groups is 1. The smallest absolute Gasteiger partial charge is 0.194 e. The van der Waals surface area contributed by atoms with Gasteiger partial charge in [0.1, 0.15) is 5.82 Å². The first-order valence-electron chi connectivity index (χ1n) is 12.8. The molecule has 0 saturated carbocycles. The molecule has 4 heterocycles. The summed E-state index contributed by atoms with van der Waals surface area (Å²) in [7, 11) is 0. The summed E-state index contributed by atoms with van der Waals surface area (Å²) in [6, 6.07) is 4.31. The Hall–Kier alpha value is -1.13. The Morgan fingerprint density at radius 3 is 2.67 bits per heavy atom. The molecule has 4 rings (SSSR count). The number of anilines is 1. The number of pyridine rings is 1. The monoisotopic (exact) mass is 571 g/mol. The highest BCUT2D eigenvalue weighted by atomic mass is 127. The Balaban J connectivity index is 0.00000306. The van der Waals surface area contributed by atoms with Crippen molar-refractivity contribution in [2.75, 3.05) is 50.8 Å². The minimum Gasteiger partial charge on any atom is -0.376 e. The minimum absolute atomic E-state index is 0. The summed E-state index contributed by atoms with van der Waals surface area (Å²) in [5.74, 6) is 2.11. The zero-order valence-electron chi connectivity index (χ0n) is 20.2. The van der Waals surface area contributed by atoms with E-state index in [4.69, 9.17) is 14.5 Å². The second-order valence-electron chi connectivity index (χ2n) is 9.25. The van der Waals surface area contributed by atoms with Crippen molar-refractivity contribution < 1.29 is 9.47 Å². The molecule has 3 aliphatic heterocycles. The number of halogens is 1. The van der Waals surface area contributed by atoms with Crippen LogP contribution >= 0.6 is 24.0 Å². The van der Waals surface area contributed by atoms with Crippen LogP contribution in [0.1, 0.15) is 63.9 Å². The summed E-state index contributed by atoms with van der Waals surface area (Å²) in [5, 5.41) is 3.49. The average molecular weight is 572 g/mol. The van der Waals surface area contributed by atoms with Crippen molar-refractivity contribution in [3.63, 3.8) is 0 Å². The molecule has 3 saturated heterocycles. The average Bonchev–Trinajstić information content (AvgIpc) is 2.87. The lowest BCUT2D eigenvalue weighted by atomic mass is 10.1. The van der Waals surface area contributed by atoms with E-state index in [1.165, 1.54) is 37.7 Å². The Morgan fingerprint density at radius 2 is 1.94 bits per heavy atom. The van der Waals surface area contributed by atoms with E-state index in [1.54, 1.807) is 0 Å². The molecule has 186 valence electrons. The molecular weight excluding hydrogens is 529 g/mol. The van der Waals surface area contributed by atoms with Gasteiger partial charge in [-0.1, -0.05) is 0 Å². The third kappa shape index (κ3) is 8.24. The highest BCUT2D eigenvalue weighted by molar-refractivity contribution is 14.0.